The average Bonchev–Trinajstić information content (AvgIpc) is 2.62. The maximum Gasteiger partial charge on any atom is 0.222 e. The second-order valence-electron chi connectivity index (χ2n) is 4.93. The van der Waals surface area contributed by atoms with Crippen LogP contribution in [0.15, 0.2) is 0 Å². The van der Waals surface area contributed by atoms with Gasteiger partial charge in [-0.25, -0.2) is 0 Å². The summed E-state index contributed by atoms with van der Waals surface area (Å²) in [7, 11) is 0. The van der Waals surface area contributed by atoms with E-state index in [1.54, 1.807) is 6.92 Å². The molecule has 0 aromatic carbocycles. The lowest BCUT2D eigenvalue weighted by Crippen LogP contribution is -2.38. The number of rotatable bonds is 4. The Morgan fingerprint density at radius 2 is 2.13 bits per heavy atom. The minimum atomic E-state index is -0.367. The van der Waals surface area contributed by atoms with Crippen molar-refractivity contribution in [3.8, 4) is 0 Å². The maximum absolute atomic E-state index is 11.9. The summed E-state index contributed by atoms with van der Waals surface area (Å²) >= 11 is 0. The molecule has 1 fully saturated rings. The van der Waals surface area contributed by atoms with Gasteiger partial charge in [-0.05, 0) is 32.1 Å². The predicted octanol–water partition coefficient (Wildman–Crippen LogP) is 1.79. The summed E-state index contributed by atoms with van der Waals surface area (Å²) in [5, 5.41) is 9.15. The van der Waals surface area contributed by atoms with Gasteiger partial charge in [-0.3, -0.25) is 4.79 Å². The van der Waals surface area contributed by atoms with Crippen LogP contribution in [-0.2, 0) is 4.79 Å². The third-order valence-electron chi connectivity index (χ3n) is 3.17. The van der Waals surface area contributed by atoms with Crippen molar-refractivity contribution in [3.63, 3.8) is 0 Å². The Morgan fingerprint density at radius 3 is 2.67 bits per heavy atom. The molecule has 2 unspecified atom stereocenters. The molecule has 0 spiro atoms. The molecule has 0 aliphatic carbocycles. The second-order valence-corrected chi connectivity index (χ2v) is 4.93. The van der Waals surface area contributed by atoms with Crippen molar-refractivity contribution in [3.05, 3.63) is 0 Å². The number of nitrogens with zero attached hydrogens (tertiary/aromatic N) is 1. The number of aliphatic hydroxyl groups excluding tert-OH is 1. The lowest BCUT2D eigenvalue weighted by Gasteiger charge is -2.27. The molecule has 2 atom stereocenters. The van der Waals surface area contributed by atoms with E-state index in [9.17, 15) is 4.79 Å². The predicted molar refractivity (Wildman–Crippen MR) is 60.5 cm³/mol. The van der Waals surface area contributed by atoms with Crippen molar-refractivity contribution in [2.24, 2.45) is 5.92 Å². The summed E-state index contributed by atoms with van der Waals surface area (Å²) in [5.41, 5.74) is 0. The van der Waals surface area contributed by atoms with Crippen LogP contribution in [0.25, 0.3) is 0 Å². The molecule has 0 bridgehead atoms. The monoisotopic (exact) mass is 213 g/mol. The van der Waals surface area contributed by atoms with Crippen LogP contribution < -0.4 is 0 Å². The summed E-state index contributed by atoms with van der Waals surface area (Å²) < 4.78 is 0. The highest BCUT2D eigenvalue weighted by atomic mass is 16.3. The molecule has 1 saturated heterocycles. The van der Waals surface area contributed by atoms with E-state index < -0.39 is 0 Å². The minimum Gasteiger partial charge on any atom is -0.393 e. The molecule has 0 saturated carbocycles. The number of amides is 1. The molecule has 1 aliphatic heterocycles. The Kier molecular flexibility index (Phi) is 4.58. The highest BCUT2D eigenvalue weighted by Gasteiger charge is 2.30. The van der Waals surface area contributed by atoms with E-state index in [-0.39, 0.29) is 12.0 Å². The summed E-state index contributed by atoms with van der Waals surface area (Å²) in [6.07, 6.45) is 2.97. The molecule has 0 aromatic rings. The molecule has 1 amide bonds. The number of hydrogen-bond acceptors (Lipinski definition) is 2. The number of aliphatic hydroxyl groups is 1. The standard InChI is InChI=1S/C12H23NO2/c1-9(2)11-5-4-8-13(11)12(15)7-6-10(3)14/h9-11,14H,4-8H2,1-3H3. The van der Waals surface area contributed by atoms with Gasteiger partial charge in [-0.15, -0.1) is 0 Å². The first-order valence-electron chi connectivity index (χ1n) is 6.00. The van der Waals surface area contributed by atoms with Crippen LogP contribution in [0.3, 0.4) is 0 Å². The smallest absolute Gasteiger partial charge is 0.222 e. The molecule has 88 valence electrons. The van der Waals surface area contributed by atoms with Crippen LogP contribution in [0, 0.1) is 5.92 Å². The Balaban J connectivity index is 2.44. The largest absolute Gasteiger partial charge is 0.393 e. The van der Waals surface area contributed by atoms with E-state index in [2.05, 4.69) is 13.8 Å². The zero-order chi connectivity index (χ0) is 11.4. The molecular weight excluding hydrogens is 190 g/mol. The van der Waals surface area contributed by atoms with Crippen molar-refractivity contribution >= 4 is 5.91 Å². The summed E-state index contributed by atoms with van der Waals surface area (Å²) in [5.74, 6) is 0.759. The van der Waals surface area contributed by atoms with E-state index in [1.807, 2.05) is 4.90 Å². The van der Waals surface area contributed by atoms with Gasteiger partial charge in [0.1, 0.15) is 0 Å². The molecule has 1 heterocycles. The number of carbonyl (C=O) groups excluding carboxylic acids is 1. The van der Waals surface area contributed by atoms with Crippen molar-refractivity contribution in [1.82, 2.24) is 4.90 Å². The Bertz CT molecular complexity index is 214. The lowest BCUT2D eigenvalue weighted by molar-refractivity contribution is -0.133. The average molecular weight is 213 g/mol. The molecular formula is C12H23NO2. The quantitative estimate of drug-likeness (QED) is 0.773. The highest BCUT2D eigenvalue weighted by Crippen LogP contribution is 2.24. The fourth-order valence-corrected chi connectivity index (χ4v) is 2.27. The minimum absolute atomic E-state index is 0.215. The van der Waals surface area contributed by atoms with E-state index in [1.165, 1.54) is 0 Å². The first-order chi connectivity index (χ1) is 7.02. The van der Waals surface area contributed by atoms with Gasteiger partial charge >= 0.3 is 0 Å². The number of carbonyl (C=O) groups is 1. The normalized spacial score (nSPS) is 23.5. The van der Waals surface area contributed by atoms with E-state index in [4.69, 9.17) is 5.11 Å². The molecule has 1 rings (SSSR count). The van der Waals surface area contributed by atoms with Crippen molar-refractivity contribution in [2.45, 2.75) is 58.6 Å². The maximum atomic E-state index is 11.9. The van der Waals surface area contributed by atoms with Crippen LogP contribution in [0.1, 0.15) is 46.5 Å². The zero-order valence-corrected chi connectivity index (χ0v) is 10.1. The van der Waals surface area contributed by atoms with Crippen molar-refractivity contribution in [1.29, 1.82) is 0 Å². The van der Waals surface area contributed by atoms with Gasteiger partial charge in [-0.1, -0.05) is 13.8 Å². The van der Waals surface area contributed by atoms with Crippen LogP contribution in [0.2, 0.25) is 0 Å². The Morgan fingerprint density at radius 1 is 1.47 bits per heavy atom. The molecule has 3 heteroatoms. The van der Waals surface area contributed by atoms with Gasteiger partial charge in [0.25, 0.3) is 0 Å². The van der Waals surface area contributed by atoms with Gasteiger partial charge in [0.2, 0.25) is 5.91 Å². The van der Waals surface area contributed by atoms with Crippen LogP contribution >= 0.6 is 0 Å². The second kappa shape index (κ2) is 5.50. The molecule has 3 nitrogen and oxygen atoms in total. The van der Waals surface area contributed by atoms with Gasteiger partial charge < -0.3 is 10.0 Å². The molecule has 1 N–H and O–H groups in total. The van der Waals surface area contributed by atoms with E-state index in [0.717, 1.165) is 19.4 Å². The highest BCUT2D eigenvalue weighted by molar-refractivity contribution is 5.76. The topological polar surface area (TPSA) is 40.5 Å². The molecule has 0 radical (unpaired) electrons. The fourth-order valence-electron chi connectivity index (χ4n) is 2.27. The lowest BCUT2D eigenvalue weighted by atomic mass is 10.0. The Hall–Kier alpha value is -0.570. The van der Waals surface area contributed by atoms with Crippen LogP contribution in [0.5, 0.6) is 0 Å². The van der Waals surface area contributed by atoms with E-state index >= 15 is 0 Å². The molecule has 1 aliphatic rings. The first kappa shape index (κ1) is 12.5. The van der Waals surface area contributed by atoms with Gasteiger partial charge in [0.15, 0.2) is 0 Å². The van der Waals surface area contributed by atoms with Gasteiger partial charge in [0, 0.05) is 19.0 Å². The Labute approximate surface area is 92.5 Å². The SMILES string of the molecule is CC(O)CCC(=O)N1CCCC1C(C)C. The molecule has 15 heavy (non-hydrogen) atoms. The van der Waals surface area contributed by atoms with Crippen LogP contribution in [0.4, 0.5) is 0 Å². The van der Waals surface area contributed by atoms with Crippen molar-refractivity contribution in [2.75, 3.05) is 6.54 Å². The summed E-state index contributed by atoms with van der Waals surface area (Å²) in [4.78, 5) is 13.9. The van der Waals surface area contributed by atoms with Gasteiger partial charge in [0.05, 0.1) is 6.10 Å². The van der Waals surface area contributed by atoms with Gasteiger partial charge in [-0.2, -0.15) is 0 Å². The zero-order valence-electron chi connectivity index (χ0n) is 10.1. The molecule has 0 aromatic heterocycles. The summed E-state index contributed by atoms with van der Waals surface area (Å²) in [6.45, 7) is 6.98. The van der Waals surface area contributed by atoms with E-state index in [0.29, 0.717) is 24.8 Å². The number of likely N-dealkylation sites (tertiary alicyclic amines) is 1. The third kappa shape index (κ3) is 3.49. The summed E-state index contributed by atoms with van der Waals surface area (Å²) in [6, 6.07) is 0.423. The first-order valence-corrected chi connectivity index (χ1v) is 6.00. The number of hydrogen-bond donors (Lipinski definition) is 1. The van der Waals surface area contributed by atoms with Crippen LogP contribution in [-0.4, -0.2) is 34.6 Å². The van der Waals surface area contributed by atoms with Crippen molar-refractivity contribution < 1.29 is 9.90 Å². The third-order valence-corrected chi connectivity index (χ3v) is 3.17. The fraction of sp³-hybridized carbons (Fsp3) is 0.917.